The summed E-state index contributed by atoms with van der Waals surface area (Å²) < 4.78 is 6.81. The maximum absolute atomic E-state index is 12.8. The Morgan fingerprint density at radius 2 is 1.51 bits per heavy atom. The largest absolute Gasteiger partial charge is 0.489 e. The van der Waals surface area contributed by atoms with Crippen LogP contribution in [0.3, 0.4) is 0 Å². The third kappa shape index (κ3) is 6.69. The summed E-state index contributed by atoms with van der Waals surface area (Å²) in [7, 11) is 0. The lowest BCUT2D eigenvalue weighted by atomic mass is 9.98. The molecule has 35 heavy (non-hydrogen) atoms. The maximum Gasteiger partial charge on any atom is 0.266 e. The molecule has 0 aromatic heterocycles. The molecule has 5 heteroatoms. The van der Waals surface area contributed by atoms with E-state index in [4.69, 9.17) is 4.74 Å². The molecule has 0 saturated heterocycles. The van der Waals surface area contributed by atoms with Crippen LogP contribution in [0.15, 0.2) is 113 Å². The lowest BCUT2D eigenvalue weighted by Gasteiger charge is -2.10. The van der Waals surface area contributed by atoms with Crippen LogP contribution in [-0.4, -0.2) is 5.91 Å². The van der Waals surface area contributed by atoms with Crippen LogP contribution in [0.4, 0.5) is 5.69 Å². The van der Waals surface area contributed by atoms with Gasteiger partial charge in [-0.25, -0.2) is 0 Å². The van der Waals surface area contributed by atoms with Gasteiger partial charge in [0, 0.05) is 10.2 Å². The summed E-state index contributed by atoms with van der Waals surface area (Å²) in [5, 5.41) is 12.5. The molecule has 1 amide bonds. The first-order chi connectivity index (χ1) is 17.1. The Kier molecular flexibility index (Phi) is 8.11. The summed E-state index contributed by atoms with van der Waals surface area (Å²) >= 11 is 3.59. The van der Waals surface area contributed by atoms with Gasteiger partial charge >= 0.3 is 0 Å². The van der Waals surface area contributed by atoms with Crippen LogP contribution in [0.2, 0.25) is 0 Å². The quantitative estimate of drug-likeness (QED) is 0.197. The van der Waals surface area contributed by atoms with Crippen LogP contribution in [0.5, 0.6) is 5.75 Å². The van der Waals surface area contributed by atoms with E-state index in [1.54, 1.807) is 30.3 Å². The molecule has 0 heterocycles. The number of anilines is 1. The molecule has 0 atom stereocenters. The van der Waals surface area contributed by atoms with Crippen molar-refractivity contribution in [1.82, 2.24) is 0 Å². The average molecular weight is 523 g/mol. The van der Waals surface area contributed by atoms with E-state index in [0.717, 1.165) is 26.7 Å². The molecule has 4 rings (SSSR count). The molecule has 0 saturated carbocycles. The van der Waals surface area contributed by atoms with Crippen LogP contribution >= 0.6 is 15.9 Å². The number of carbonyl (C=O) groups is 1. The summed E-state index contributed by atoms with van der Waals surface area (Å²) in [6, 6.07) is 34.8. The number of hydrogen-bond acceptors (Lipinski definition) is 3. The summed E-state index contributed by atoms with van der Waals surface area (Å²) in [5.41, 5.74) is 4.69. The van der Waals surface area contributed by atoms with E-state index in [2.05, 4.69) is 27.3 Å². The van der Waals surface area contributed by atoms with Crippen molar-refractivity contribution in [2.24, 2.45) is 0 Å². The number of ether oxygens (including phenoxy) is 1. The summed E-state index contributed by atoms with van der Waals surface area (Å²) in [6.07, 6.45) is 2.32. The fourth-order valence-electron chi connectivity index (χ4n) is 3.56. The molecular weight excluding hydrogens is 500 g/mol. The van der Waals surface area contributed by atoms with Gasteiger partial charge in [0.2, 0.25) is 0 Å². The first-order valence-electron chi connectivity index (χ1n) is 11.1. The predicted molar refractivity (Wildman–Crippen MR) is 143 cm³/mol. The number of carbonyl (C=O) groups excluding carboxylic acids is 1. The Bertz CT molecular complexity index is 1370. The minimum atomic E-state index is -0.457. The van der Waals surface area contributed by atoms with Crippen LogP contribution < -0.4 is 10.1 Å². The number of rotatable bonds is 8. The standard InChI is InChI=1S/C30H23BrN2O2/c31-29-13-7-6-12-25(29)18-23-10-4-5-11-24(23)19-26(20-32)30(34)33-27-14-16-28(17-15-27)35-21-22-8-2-1-3-9-22/h1-17,19H,18,21H2,(H,33,34)/b26-19+. The normalized spacial score (nSPS) is 10.9. The van der Waals surface area contributed by atoms with Gasteiger partial charge in [0.1, 0.15) is 24.0 Å². The number of nitrogens with zero attached hydrogens (tertiary/aromatic N) is 1. The second-order valence-electron chi connectivity index (χ2n) is 7.89. The maximum atomic E-state index is 12.8. The van der Waals surface area contributed by atoms with Crippen molar-refractivity contribution in [1.29, 1.82) is 5.26 Å². The summed E-state index contributed by atoms with van der Waals surface area (Å²) in [5.74, 6) is 0.241. The molecule has 0 fully saturated rings. The number of benzene rings is 4. The zero-order valence-corrected chi connectivity index (χ0v) is 20.5. The highest BCUT2D eigenvalue weighted by Crippen LogP contribution is 2.23. The number of nitriles is 1. The monoisotopic (exact) mass is 522 g/mol. The molecule has 0 unspecified atom stereocenters. The molecular formula is C30H23BrN2O2. The zero-order chi connectivity index (χ0) is 24.5. The molecule has 0 spiro atoms. The van der Waals surface area contributed by atoms with Crippen LogP contribution in [0, 0.1) is 11.3 Å². The van der Waals surface area contributed by atoms with E-state index in [-0.39, 0.29) is 5.57 Å². The fourth-order valence-corrected chi connectivity index (χ4v) is 3.99. The fraction of sp³-hybridized carbons (Fsp3) is 0.0667. The lowest BCUT2D eigenvalue weighted by molar-refractivity contribution is -0.112. The Hall–Kier alpha value is -4.14. The third-order valence-corrected chi connectivity index (χ3v) is 6.19. The third-order valence-electron chi connectivity index (χ3n) is 5.42. The first-order valence-corrected chi connectivity index (χ1v) is 11.9. The predicted octanol–water partition coefficient (Wildman–Crippen LogP) is 7.16. The average Bonchev–Trinajstić information content (AvgIpc) is 2.89. The zero-order valence-electron chi connectivity index (χ0n) is 18.9. The van der Waals surface area contributed by atoms with Crippen molar-refractivity contribution in [3.05, 3.63) is 135 Å². The molecule has 1 N–H and O–H groups in total. The summed E-state index contributed by atoms with van der Waals surface area (Å²) in [6.45, 7) is 0.465. The number of hydrogen-bond donors (Lipinski definition) is 1. The highest BCUT2D eigenvalue weighted by Gasteiger charge is 2.12. The number of amides is 1. The van der Waals surface area contributed by atoms with Crippen molar-refractivity contribution >= 4 is 33.6 Å². The van der Waals surface area contributed by atoms with Gasteiger partial charge in [-0.05, 0) is 65.1 Å². The molecule has 4 aromatic carbocycles. The molecule has 0 aliphatic rings. The van der Waals surface area contributed by atoms with Gasteiger partial charge in [-0.1, -0.05) is 88.7 Å². The van der Waals surface area contributed by atoms with Crippen LogP contribution in [0.25, 0.3) is 6.08 Å². The van der Waals surface area contributed by atoms with Crippen molar-refractivity contribution in [3.63, 3.8) is 0 Å². The number of halogens is 1. The molecule has 0 radical (unpaired) electrons. The number of nitrogens with one attached hydrogen (secondary N) is 1. The summed E-state index contributed by atoms with van der Waals surface area (Å²) in [4.78, 5) is 12.8. The first kappa shape index (κ1) is 24.0. The van der Waals surface area contributed by atoms with Crippen molar-refractivity contribution in [3.8, 4) is 11.8 Å². The van der Waals surface area contributed by atoms with Gasteiger partial charge in [-0.2, -0.15) is 5.26 Å². The van der Waals surface area contributed by atoms with Gasteiger partial charge in [0.05, 0.1) is 0 Å². The highest BCUT2D eigenvalue weighted by atomic mass is 79.9. The molecule has 0 aliphatic carbocycles. The van der Waals surface area contributed by atoms with E-state index in [1.807, 2.05) is 78.9 Å². The Labute approximate surface area is 213 Å². The SMILES string of the molecule is N#C/C(=C\c1ccccc1Cc1ccccc1Br)C(=O)Nc1ccc(OCc2ccccc2)cc1. The Balaban J connectivity index is 1.44. The minimum absolute atomic E-state index is 0.0361. The van der Waals surface area contributed by atoms with E-state index in [9.17, 15) is 10.1 Å². The molecule has 0 aliphatic heterocycles. The van der Waals surface area contributed by atoms with E-state index in [1.165, 1.54) is 0 Å². The topological polar surface area (TPSA) is 62.1 Å². The van der Waals surface area contributed by atoms with E-state index >= 15 is 0 Å². The molecule has 0 bridgehead atoms. The van der Waals surface area contributed by atoms with Crippen molar-refractivity contribution < 1.29 is 9.53 Å². The molecule has 4 nitrogen and oxygen atoms in total. The van der Waals surface area contributed by atoms with Crippen molar-refractivity contribution in [2.45, 2.75) is 13.0 Å². The highest BCUT2D eigenvalue weighted by molar-refractivity contribution is 9.10. The molecule has 172 valence electrons. The Morgan fingerprint density at radius 3 is 2.23 bits per heavy atom. The van der Waals surface area contributed by atoms with Crippen molar-refractivity contribution in [2.75, 3.05) is 5.32 Å². The lowest BCUT2D eigenvalue weighted by Crippen LogP contribution is -2.13. The van der Waals surface area contributed by atoms with Gasteiger partial charge < -0.3 is 10.1 Å². The van der Waals surface area contributed by atoms with Gasteiger partial charge in [-0.3, -0.25) is 4.79 Å². The van der Waals surface area contributed by atoms with Crippen LogP contribution in [0.1, 0.15) is 22.3 Å². The molecule has 4 aromatic rings. The van der Waals surface area contributed by atoms with Gasteiger partial charge in [0.25, 0.3) is 5.91 Å². The second-order valence-corrected chi connectivity index (χ2v) is 8.74. The smallest absolute Gasteiger partial charge is 0.266 e. The van der Waals surface area contributed by atoms with E-state index in [0.29, 0.717) is 24.5 Å². The van der Waals surface area contributed by atoms with E-state index < -0.39 is 5.91 Å². The van der Waals surface area contributed by atoms with Gasteiger partial charge in [0.15, 0.2) is 0 Å². The van der Waals surface area contributed by atoms with Gasteiger partial charge in [-0.15, -0.1) is 0 Å². The second kappa shape index (κ2) is 11.8. The minimum Gasteiger partial charge on any atom is -0.489 e. The van der Waals surface area contributed by atoms with Crippen LogP contribution in [-0.2, 0) is 17.8 Å². The Morgan fingerprint density at radius 1 is 0.857 bits per heavy atom.